The summed E-state index contributed by atoms with van der Waals surface area (Å²) in [6.07, 6.45) is 76.2. The van der Waals surface area contributed by atoms with Crippen LogP contribution in [0.4, 0.5) is 0 Å². The van der Waals surface area contributed by atoms with Crippen LogP contribution >= 0.6 is 0 Å². The number of carbonyl (C=O) groups is 3. The zero-order valence-corrected chi connectivity index (χ0v) is 43.8. The Morgan fingerprint density at radius 1 is 0.309 bits per heavy atom. The van der Waals surface area contributed by atoms with Crippen LogP contribution in [0, 0.1) is 0 Å². The highest BCUT2D eigenvalue weighted by Gasteiger charge is 2.19. The van der Waals surface area contributed by atoms with E-state index < -0.39 is 6.10 Å². The molecule has 0 aromatic heterocycles. The van der Waals surface area contributed by atoms with Crippen molar-refractivity contribution in [1.82, 2.24) is 0 Å². The minimum Gasteiger partial charge on any atom is -0.462 e. The SMILES string of the molecule is CC/C=C\C/C=C\C/C=C\C/C=C\C/C=C\C/C=C\C/C=C\CCCCCCCC(=O)OCC(COC(=O)CCCCCCCCCCCC)OC(=O)CCCCC/C=C\C/C=C\C/C=C\CC. The van der Waals surface area contributed by atoms with Crippen molar-refractivity contribution in [2.45, 2.75) is 239 Å². The molecule has 0 aromatic carbocycles. The second-order valence-electron chi connectivity index (χ2n) is 17.7. The van der Waals surface area contributed by atoms with Gasteiger partial charge in [0, 0.05) is 19.3 Å². The van der Waals surface area contributed by atoms with Crippen LogP contribution in [0.5, 0.6) is 0 Å². The number of rotatable bonds is 48. The Morgan fingerprint density at radius 2 is 0.574 bits per heavy atom. The normalized spacial score (nSPS) is 13.0. The average molecular weight is 941 g/mol. The van der Waals surface area contributed by atoms with Gasteiger partial charge < -0.3 is 14.2 Å². The molecule has 0 bridgehead atoms. The van der Waals surface area contributed by atoms with Gasteiger partial charge in [-0.05, 0) is 109 Å². The standard InChI is InChI=1S/C62H100O6/c1-4-7-10-13-16-19-22-24-25-26-27-28-29-30-31-32-33-34-35-36-37-39-40-43-46-49-52-55-61(64)67-58-59(57-66-60(63)54-51-48-45-42-21-18-15-12-9-6-3)68-62(65)56-53-50-47-44-41-38-23-20-17-14-11-8-5-2/h7-8,10-11,16-17,19-20,24-25,27-28,30-31,33-34,36-38,41,59H,4-6,9,12-15,18,21-23,26,29,32,35,39-40,42-58H2,1-3H3/b10-7-,11-8-,19-16-,20-17-,25-24-,28-27-,31-30-,34-33-,37-36-,41-38-. The number of hydrogen-bond donors (Lipinski definition) is 0. The molecule has 0 aliphatic rings. The van der Waals surface area contributed by atoms with Gasteiger partial charge in [0.1, 0.15) is 13.2 Å². The first-order valence-corrected chi connectivity index (χ1v) is 27.5. The van der Waals surface area contributed by atoms with E-state index in [-0.39, 0.29) is 37.5 Å². The maximum absolute atomic E-state index is 12.8. The number of allylic oxidation sites excluding steroid dienone is 20. The Morgan fingerprint density at radius 3 is 0.912 bits per heavy atom. The molecule has 0 rings (SSSR count). The van der Waals surface area contributed by atoms with Crippen LogP contribution in [-0.4, -0.2) is 37.2 Å². The van der Waals surface area contributed by atoms with E-state index in [4.69, 9.17) is 14.2 Å². The summed E-state index contributed by atoms with van der Waals surface area (Å²) in [5.41, 5.74) is 0. The monoisotopic (exact) mass is 941 g/mol. The highest BCUT2D eigenvalue weighted by atomic mass is 16.6. The minimum atomic E-state index is -0.802. The van der Waals surface area contributed by atoms with E-state index >= 15 is 0 Å². The summed E-state index contributed by atoms with van der Waals surface area (Å²) in [7, 11) is 0. The smallest absolute Gasteiger partial charge is 0.306 e. The Balaban J connectivity index is 4.34. The number of esters is 3. The lowest BCUT2D eigenvalue weighted by molar-refractivity contribution is -0.167. The Labute approximate surface area is 418 Å². The van der Waals surface area contributed by atoms with Gasteiger partial charge in [-0.1, -0.05) is 226 Å². The fourth-order valence-electron chi connectivity index (χ4n) is 7.14. The van der Waals surface area contributed by atoms with Crippen LogP contribution in [-0.2, 0) is 28.6 Å². The van der Waals surface area contributed by atoms with Crippen molar-refractivity contribution in [3.05, 3.63) is 122 Å². The Bertz CT molecular complexity index is 1450. The lowest BCUT2D eigenvalue weighted by atomic mass is 10.1. The summed E-state index contributed by atoms with van der Waals surface area (Å²) >= 11 is 0. The lowest BCUT2D eigenvalue weighted by Crippen LogP contribution is -2.30. The Hall–Kier alpha value is -4.19. The molecule has 0 saturated carbocycles. The summed E-state index contributed by atoms with van der Waals surface area (Å²) in [5.74, 6) is -0.954. The number of ether oxygens (including phenoxy) is 3. The first kappa shape index (κ1) is 63.8. The minimum absolute atomic E-state index is 0.0976. The molecule has 6 heteroatoms. The van der Waals surface area contributed by atoms with Crippen molar-refractivity contribution in [2.75, 3.05) is 13.2 Å². The summed E-state index contributed by atoms with van der Waals surface area (Å²) in [4.78, 5) is 38.0. The topological polar surface area (TPSA) is 78.9 Å². The molecule has 0 aromatic rings. The molecule has 0 radical (unpaired) electrons. The maximum Gasteiger partial charge on any atom is 0.306 e. The van der Waals surface area contributed by atoms with Crippen molar-refractivity contribution in [3.63, 3.8) is 0 Å². The molecule has 0 amide bonds. The summed E-state index contributed by atoms with van der Waals surface area (Å²) in [6, 6.07) is 0. The zero-order valence-electron chi connectivity index (χ0n) is 43.8. The summed E-state index contributed by atoms with van der Waals surface area (Å²) < 4.78 is 16.7. The predicted molar refractivity (Wildman–Crippen MR) is 293 cm³/mol. The van der Waals surface area contributed by atoms with Gasteiger partial charge in [-0.2, -0.15) is 0 Å². The van der Waals surface area contributed by atoms with Crippen LogP contribution < -0.4 is 0 Å². The molecule has 0 N–H and O–H groups in total. The molecule has 0 aliphatic heterocycles. The van der Waals surface area contributed by atoms with E-state index in [9.17, 15) is 14.4 Å². The van der Waals surface area contributed by atoms with Crippen LogP contribution in [0.15, 0.2) is 122 Å². The molecule has 384 valence electrons. The van der Waals surface area contributed by atoms with Crippen LogP contribution in [0.3, 0.4) is 0 Å². The Kier molecular flexibility index (Phi) is 52.0. The molecule has 1 unspecified atom stereocenters. The highest BCUT2D eigenvalue weighted by molar-refractivity contribution is 5.71. The predicted octanol–water partition coefficient (Wildman–Crippen LogP) is 18.5. The second kappa shape index (κ2) is 55.4. The third-order valence-corrected chi connectivity index (χ3v) is 11.2. The van der Waals surface area contributed by atoms with E-state index in [0.717, 1.165) is 148 Å². The lowest BCUT2D eigenvalue weighted by Gasteiger charge is -2.18. The second-order valence-corrected chi connectivity index (χ2v) is 17.7. The molecule has 1 atom stereocenters. The van der Waals surface area contributed by atoms with E-state index in [1.165, 1.54) is 44.9 Å². The first-order chi connectivity index (χ1) is 33.5. The molecule has 0 spiro atoms. The van der Waals surface area contributed by atoms with Gasteiger partial charge in [-0.25, -0.2) is 0 Å². The number of hydrogen-bond acceptors (Lipinski definition) is 6. The number of carbonyl (C=O) groups excluding carboxylic acids is 3. The molecule has 68 heavy (non-hydrogen) atoms. The van der Waals surface area contributed by atoms with Gasteiger partial charge in [-0.3, -0.25) is 14.4 Å². The van der Waals surface area contributed by atoms with Gasteiger partial charge in [0.2, 0.25) is 0 Å². The third kappa shape index (κ3) is 52.8. The largest absolute Gasteiger partial charge is 0.462 e. The maximum atomic E-state index is 12.8. The van der Waals surface area contributed by atoms with Gasteiger partial charge in [-0.15, -0.1) is 0 Å². The van der Waals surface area contributed by atoms with Crippen molar-refractivity contribution in [3.8, 4) is 0 Å². The molecular weight excluding hydrogens is 841 g/mol. The van der Waals surface area contributed by atoms with Gasteiger partial charge in [0.15, 0.2) is 6.10 Å². The van der Waals surface area contributed by atoms with Crippen LogP contribution in [0.2, 0.25) is 0 Å². The summed E-state index contributed by atoms with van der Waals surface area (Å²) in [5, 5.41) is 0. The highest BCUT2D eigenvalue weighted by Crippen LogP contribution is 2.14. The van der Waals surface area contributed by atoms with Gasteiger partial charge >= 0.3 is 17.9 Å². The molecule has 0 saturated heterocycles. The quantitative estimate of drug-likeness (QED) is 0.0262. The van der Waals surface area contributed by atoms with Crippen LogP contribution in [0.25, 0.3) is 0 Å². The molecule has 0 aliphatic carbocycles. The van der Waals surface area contributed by atoms with Crippen molar-refractivity contribution < 1.29 is 28.6 Å². The van der Waals surface area contributed by atoms with E-state index in [1.54, 1.807) is 0 Å². The van der Waals surface area contributed by atoms with Gasteiger partial charge in [0.05, 0.1) is 0 Å². The molecule has 0 fully saturated rings. The fourth-order valence-corrected chi connectivity index (χ4v) is 7.14. The zero-order chi connectivity index (χ0) is 49.3. The van der Waals surface area contributed by atoms with E-state index in [1.807, 2.05) is 0 Å². The molecule has 0 heterocycles. The fraction of sp³-hybridized carbons (Fsp3) is 0.629. The van der Waals surface area contributed by atoms with Crippen molar-refractivity contribution in [1.29, 1.82) is 0 Å². The third-order valence-electron chi connectivity index (χ3n) is 11.2. The average Bonchev–Trinajstić information content (AvgIpc) is 3.34. The summed E-state index contributed by atoms with van der Waals surface area (Å²) in [6.45, 7) is 6.34. The molecular formula is C62H100O6. The van der Waals surface area contributed by atoms with Crippen molar-refractivity contribution >= 4 is 17.9 Å². The van der Waals surface area contributed by atoms with E-state index in [0.29, 0.717) is 12.8 Å². The van der Waals surface area contributed by atoms with Crippen LogP contribution in [0.1, 0.15) is 233 Å². The molecule has 6 nitrogen and oxygen atoms in total. The van der Waals surface area contributed by atoms with E-state index in [2.05, 4.69) is 142 Å². The first-order valence-electron chi connectivity index (χ1n) is 27.5. The van der Waals surface area contributed by atoms with Gasteiger partial charge in [0.25, 0.3) is 0 Å². The van der Waals surface area contributed by atoms with Crippen molar-refractivity contribution in [2.24, 2.45) is 0 Å². The number of unbranched alkanes of at least 4 members (excludes halogenated alkanes) is 17.